The maximum Gasteiger partial charge on any atom is 0.255 e. The second-order valence-corrected chi connectivity index (χ2v) is 9.92. The molecular formula is C32H32N2O3. The van der Waals surface area contributed by atoms with Crippen LogP contribution >= 0.6 is 0 Å². The predicted octanol–water partition coefficient (Wildman–Crippen LogP) is 7.11. The summed E-state index contributed by atoms with van der Waals surface area (Å²) in [5, 5.41) is 5.78. The molecule has 0 heterocycles. The topological polar surface area (TPSA) is 67.4 Å². The van der Waals surface area contributed by atoms with Crippen LogP contribution in [-0.4, -0.2) is 18.4 Å². The fraction of sp³-hybridized carbons (Fsp3) is 0.188. The maximum atomic E-state index is 12.6. The third kappa shape index (κ3) is 7.31. The van der Waals surface area contributed by atoms with Crippen molar-refractivity contribution in [3.63, 3.8) is 0 Å². The summed E-state index contributed by atoms with van der Waals surface area (Å²) in [6, 6.07) is 31.9. The third-order valence-corrected chi connectivity index (χ3v) is 6.03. The van der Waals surface area contributed by atoms with Gasteiger partial charge in [-0.25, -0.2) is 0 Å². The number of rotatable bonds is 8. The summed E-state index contributed by atoms with van der Waals surface area (Å²) in [5.41, 5.74) is 4.85. The van der Waals surface area contributed by atoms with Gasteiger partial charge in [0.2, 0.25) is 0 Å². The first-order valence-corrected chi connectivity index (χ1v) is 12.4. The van der Waals surface area contributed by atoms with Crippen LogP contribution < -0.4 is 15.4 Å². The van der Waals surface area contributed by atoms with Crippen molar-refractivity contribution in [2.75, 3.05) is 17.2 Å². The lowest BCUT2D eigenvalue weighted by molar-refractivity contribution is 0.101. The van der Waals surface area contributed by atoms with Crippen LogP contribution in [0.1, 0.15) is 52.6 Å². The van der Waals surface area contributed by atoms with Crippen LogP contribution in [0.25, 0.3) is 0 Å². The zero-order chi connectivity index (χ0) is 26.3. The molecule has 0 unspecified atom stereocenters. The SMILES string of the molecule is CC(C)(C)c1ccc(C(=O)Nc2ccc(NC(=O)c3ccc(OCCc4ccccc4)cc3)cc2)cc1. The average Bonchev–Trinajstić information content (AvgIpc) is 2.90. The van der Waals surface area contributed by atoms with Gasteiger partial charge in [0.15, 0.2) is 0 Å². The van der Waals surface area contributed by atoms with Gasteiger partial charge in [-0.15, -0.1) is 0 Å². The summed E-state index contributed by atoms with van der Waals surface area (Å²) in [6.45, 7) is 6.99. The first-order chi connectivity index (χ1) is 17.8. The molecule has 0 radical (unpaired) electrons. The summed E-state index contributed by atoms with van der Waals surface area (Å²) in [7, 11) is 0. The molecule has 5 heteroatoms. The van der Waals surface area contributed by atoms with E-state index in [1.54, 1.807) is 48.5 Å². The van der Waals surface area contributed by atoms with E-state index in [9.17, 15) is 9.59 Å². The molecule has 0 saturated carbocycles. The van der Waals surface area contributed by atoms with Crippen molar-refractivity contribution in [2.24, 2.45) is 0 Å². The number of carbonyl (C=O) groups excluding carboxylic acids is 2. The Labute approximate surface area is 218 Å². The zero-order valence-corrected chi connectivity index (χ0v) is 21.5. The normalized spacial score (nSPS) is 11.0. The van der Waals surface area contributed by atoms with E-state index in [1.165, 1.54) is 11.1 Å². The van der Waals surface area contributed by atoms with Crippen LogP contribution in [0.4, 0.5) is 11.4 Å². The van der Waals surface area contributed by atoms with E-state index in [0.29, 0.717) is 29.1 Å². The number of carbonyl (C=O) groups is 2. The maximum absolute atomic E-state index is 12.6. The molecule has 37 heavy (non-hydrogen) atoms. The van der Waals surface area contributed by atoms with Gasteiger partial charge in [0.25, 0.3) is 11.8 Å². The van der Waals surface area contributed by atoms with Gasteiger partial charge >= 0.3 is 0 Å². The Morgan fingerprint density at radius 1 is 0.649 bits per heavy atom. The summed E-state index contributed by atoms with van der Waals surface area (Å²) in [6.07, 6.45) is 0.822. The van der Waals surface area contributed by atoms with Gasteiger partial charge < -0.3 is 15.4 Å². The highest BCUT2D eigenvalue weighted by Crippen LogP contribution is 2.23. The second-order valence-electron chi connectivity index (χ2n) is 9.92. The minimum Gasteiger partial charge on any atom is -0.493 e. The van der Waals surface area contributed by atoms with Gasteiger partial charge in [0, 0.05) is 28.9 Å². The van der Waals surface area contributed by atoms with Crippen LogP contribution in [-0.2, 0) is 11.8 Å². The standard InChI is InChI=1S/C32H32N2O3/c1-32(2,3)26-13-9-24(10-14-26)30(35)33-27-15-17-28(18-16-27)34-31(36)25-11-19-29(20-12-25)37-22-21-23-7-5-4-6-8-23/h4-20H,21-22H2,1-3H3,(H,33,35)(H,34,36). The molecule has 0 spiro atoms. The number of anilines is 2. The highest BCUT2D eigenvalue weighted by molar-refractivity contribution is 6.05. The number of ether oxygens (including phenoxy) is 1. The smallest absolute Gasteiger partial charge is 0.255 e. The zero-order valence-electron chi connectivity index (χ0n) is 21.5. The van der Waals surface area contributed by atoms with Gasteiger partial charge in [-0.2, -0.15) is 0 Å². The lowest BCUT2D eigenvalue weighted by Gasteiger charge is -2.19. The van der Waals surface area contributed by atoms with Gasteiger partial charge in [-0.3, -0.25) is 9.59 Å². The molecule has 188 valence electrons. The third-order valence-electron chi connectivity index (χ3n) is 6.03. The second kappa shape index (κ2) is 11.6. The molecule has 0 aliphatic carbocycles. The van der Waals surface area contributed by atoms with Crippen molar-refractivity contribution >= 4 is 23.2 Å². The number of hydrogen-bond acceptors (Lipinski definition) is 3. The summed E-state index contributed by atoms with van der Waals surface area (Å²) in [4.78, 5) is 25.2. The first kappa shape index (κ1) is 25.7. The van der Waals surface area contributed by atoms with E-state index in [4.69, 9.17) is 4.74 Å². The van der Waals surface area contributed by atoms with Crippen LogP contribution in [0, 0.1) is 0 Å². The van der Waals surface area contributed by atoms with E-state index >= 15 is 0 Å². The van der Waals surface area contributed by atoms with Crippen molar-refractivity contribution in [1.82, 2.24) is 0 Å². The average molecular weight is 493 g/mol. The van der Waals surface area contributed by atoms with Crippen LogP contribution in [0.2, 0.25) is 0 Å². The number of benzene rings is 4. The van der Waals surface area contributed by atoms with E-state index in [1.807, 2.05) is 42.5 Å². The van der Waals surface area contributed by atoms with E-state index < -0.39 is 0 Å². The molecule has 2 N–H and O–H groups in total. The highest BCUT2D eigenvalue weighted by Gasteiger charge is 2.14. The molecule has 0 aliphatic rings. The molecule has 0 atom stereocenters. The lowest BCUT2D eigenvalue weighted by atomic mass is 9.87. The summed E-state index contributed by atoms with van der Waals surface area (Å²) >= 11 is 0. The molecule has 0 fully saturated rings. The molecule has 0 aromatic heterocycles. The van der Waals surface area contributed by atoms with Crippen LogP contribution in [0.15, 0.2) is 103 Å². The Balaban J connectivity index is 1.27. The highest BCUT2D eigenvalue weighted by atomic mass is 16.5. The van der Waals surface area contributed by atoms with Crippen molar-refractivity contribution < 1.29 is 14.3 Å². The minimum atomic E-state index is -0.216. The van der Waals surface area contributed by atoms with E-state index in [0.717, 1.165) is 12.2 Å². The van der Waals surface area contributed by atoms with Crippen LogP contribution in [0.3, 0.4) is 0 Å². The molecule has 5 nitrogen and oxygen atoms in total. The molecule has 2 amide bonds. The monoisotopic (exact) mass is 492 g/mol. The number of nitrogens with one attached hydrogen (secondary N) is 2. The molecule has 0 bridgehead atoms. The van der Waals surface area contributed by atoms with Gasteiger partial charge in [0.1, 0.15) is 5.75 Å². The summed E-state index contributed by atoms with van der Waals surface area (Å²) in [5.74, 6) is 0.329. The summed E-state index contributed by atoms with van der Waals surface area (Å²) < 4.78 is 5.79. The van der Waals surface area contributed by atoms with Gasteiger partial charge in [-0.05, 0) is 77.2 Å². The fourth-order valence-corrected chi connectivity index (χ4v) is 3.80. The van der Waals surface area contributed by atoms with Crippen molar-refractivity contribution in [2.45, 2.75) is 32.6 Å². The van der Waals surface area contributed by atoms with Crippen molar-refractivity contribution in [1.29, 1.82) is 0 Å². The Bertz CT molecular complexity index is 1320. The van der Waals surface area contributed by atoms with Crippen molar-refractivity contribution in [3.05, 3.63) is 125 Å². The number of hydrogen-bond donors (Lipinski definition) is 2. The Hall–Kier alpha value is -4.38. The van der Waals surface area contributed by atoms with E-state index in [2.05, 4.69) is 43.5 Å². The van der Waals surface area contributed by atoms with Crippen molar-refractivity contribution in [3.8, 4) is 5.75 Å². The Kier molecular flexibility index (Phi) is 8.04. The predicted molar refractivity (Wildman–Crippen MR) is 150 cm³/mol. The fourth-order valence-electron chi connectivity index (χ4n) is 3.80. The first-order valence-electron chi connectivity index (χ1n) is 12.4. The van der Waals surface area contributed by atoms with E-state index in [-0.39, 0.29) is 17.2 Å². The molecule has 4 aromatic rings. The molecule has 4 aromatic carbocycles. The Morgan fingerprint density at radius 2 is 1.14 bits per heavy atom. The van der Waals surface area contributed by atoms with Gasteiger partial charge in [0.05, 0.1) is 6.61 Å². The molecule has 0 saturated heterocycles. The lowest BCUT2D eigenvalue weighted by Crippen LogP contribution is -2.14. The van der Waals surface area contributed by atoms with Gasteiger partial charge in [-0.1, -0.05) is 63.2 Å². The van der Waals surface area contributed by atoms with Crippen LogP contribution in [0.5, 0.6) is 5.75 Å². The molecule has 0 aliphatic heterocycles. The molecule has 4 rings (SSSR count). The number of amides is 2. The molecular weight excluding hydrogens is 460 g/mol. The Morgan fingerprint density at radius 3 is 1.62 bits per heavy atom. The minimum absolute atomic E-state index is 0.0353. The quantitative estimate of drug-likeness (QED) is 0.275. The largest absolute Gasteiger partial charge is 0.493 e.